The van der Waals surface area contributed by atoms with E-state index in [-0.39, 0.29) is 17.4 Å². The number of hydrogen-bond acceptors (Lipinski definition) is 4. The number of nitrogens with zero attached hydrogens (tertiary/aromatic N) is 2. The third-order valence-electron chi connectivity index (χ3n) is 4.71. The van der Waals surface area contributed by atoms with Gasteiger partial charge in [-0.2, -0.15) is 0 Å². The van der Waals surface area contributed by atoms with Crippen molar-refractivity contribution in [3.8, 4) is 0 Å². The summed E-state index contributed by atoms with van der Waals surface area (Å²) in [5.74, 6) is -0.0613. The smallest absolute Gasteiger partial charge is 0.274 e. The molecule has 1 aromatic carbocycles. The number of halogens is 2. The number of pyridine rings is 1. The molecule has 0 unspecified atom stereocenters. The van der Waals surface area contributed by atoms with Crippen LogP contribution in [-0.2, 0) is 5.54 Å². The first-order chi connectivity index (χ1) is 12.3. The average molecular weight is 375 g/mol. The molecule has 0 saturated heterocycles. The van der Waals surface area contributed by atoms with Crippen molar-refractivity contribution in [2.45, 2.75) is 32.2 Å². The summed E-state index contributed by atoms with van der Waals surface area (Å²) < 4.78 is 14.5. The maximum absolute atomic E-state index is 14.5. The molecule has 0 fully saturated rings. The average Bonchev–Trinajstić information content (AvgIpc) is 2.60. The second-order valence-electron chi connectivity index (χ2n) is 6.76. The quantitative estimate of drug-likeness (QED) is 0.847. The number of benzene rings is 1. The molecule has 3 N–H and O–H groups in total. The molecule has 0 aliphatic carbocycles. The highest BCUT2D eigenvalue weighted by Crippen LogP contribution is 2.38. The first-order valence-corrected chi connectivity index (χ1v) is 8.74. The molecule has 3 rings (SSSR count). The SMILES string of the molecule is C[C@H]1CC[C@@](C)(c2cc(NC(=O)c3ccc(Cl)cn3)ccc2F)N=C1N. The highest BCUT2D eigenvalue weighted by molar-refractivity contribution is 6.30. The van der Waals surface area contributed by atoms with Crippen LogP contribution in [0.3, 0.4) is 0 Å². The Labute approximate surface area is 156 Å². The Morgan fingerprint density at radius 3 is 2.81 bits per heavy atom. The van der Waals surface area contributed by atoms with Crippen molar-refractivity contribution in [2.75, 3.05) is 5.32 Å². The number of amidine groups is 1. The van der Waals surface area contributed by atoms with E-state index >= 15 is 0 Å². The topological polar surface area (TPSA) is 80.4 Å². The van der Waals surface area contributed by atoms with Gasteiger partial charge in [0.2, 0.25) is 0 Å². The standard InChI is InChI=1S/C19H20ClFN4O/c1-11-7-8-19(2,25-17(11)22)14-9-13(4-5-15(14)21)24-18(26)16-6-3-12(20)10-23-16/h3-6,9-11H,7-8H2,1-2H3,(H2,22,25)(H,24,26)/t11-,19-/m0/s1. The lowest BCUT2D eigenvalue weighted by molar-refractivity contribution is 0.102. The highest BCUT2D eigenvalue weighted by Gasteiger charge is 2.34. The fraction of sp³-hybridized carbons (Fsp3) is 0.316. The van der Waals surface area contributed by atoms with Gasteiger partial charge >= 0.3 is 0 Å². The lowest BCUT2D eigenvalue weighted by atomic mass is 9.82. The van der Waals surface area contributed by atoms with Crippen molar-refractivity contribution < 1.29 is 9.18 Å². The third-order valence-corrected chi connectivity index (χ3v) is 4.93. The molecular weight excluding hydrogens is 355 g/mol. The minimum atomic E-state index is -0.750. The predicted molar refractivity (Wildman–Crippen MR) is 101 cm³/mol. The van der Waals surface area contributed by atoms with Gasteiger partial charge in [0, 0.05) is 23.4 Å². The Morgan fingerprint density at radius 2 is 2.15 bits per heavy atom. The van der Waals surface area contributed by atoms with Gasteiger partial charge in [0.05, 0.1) is 16.4 Å². The lowest BCUT2D eigenvalue weighted by Gasteiger charge is -2.33. The summed E-state index contributed by atoms with van der Waals surface area (Å²) in [4.78, 5) is 20.8. The number of nitrogens with two attached hydrogens (primary N) is 1. The Kier molecular flexibility index (Phi) is 4.96. The van der Waals surface area contributed by atoms with Crippen LogP contribution in [0.5, 0.6) is 0 Å². The first-order valence-electron chi connectivity index (χ1n) is 8.37. The number of rotatable bonds is 3. The van der Waals surface area contributed by atoms with Crippen molar-refractivity contribution in [3.05, 3.63) is 58.6 Å². The van der Waals surface area contributed by atoms with Gasteiger partial charge in [0.15, 0.2) is 0 Å². The van der Waals surface area contributed by atoms with E-state index in [0.29, 0.717) is 28.5 Å². The second kappa shape index (κ2) is 7.03. The van der Waals surface area contributed by atoms with Gasteiger partial charge in [-0.05, 0) is 50.1 Å². The summed E-state index contributed by atoms with van der Waals surface area (Å²) in [6.45, 7) is 3.86. The summed E-state index contributed by atoms with van der Waals surface area (Å²) in [7, 11) is 0. The van der Waals surface area contributed by atoms with Gasteiger partial charge in [-0.1, -0.05) is 18.5 Å². The van der Waals surface area contributed by atoms with Gasteiger partial charge < -0.3 is 11.1 Å². The molecule has 2 atom stereocenters. The molecule has 0 spiro atoms. The molecule has 0 saturated carbocycles. The molecule has 1 aliphatic heterocycles. The lowest BCUT2D eigenvalue weighted by Crippen LogP contribution is -2.35. The third kappa shape index (κ3) is 3.70. The minimum absolute atomic E-state index is 0.185. The number of hydrogen-bond donors (Lipinski definition) is 2. The molecule has 7 heteroatoms. The Balaban J connectivity index is 1.88. The molecule has 1 aromatic heterocycles. The molecule has 2 aromatic rings. The largest absolute Gasteiger partial charge is 0.387 e. The van der Waals surface area contributed by atoms with Crippen LogP contribution in [0.25, 0.3) is 0 Å². The van der Waals surface area contributed by atoms with Gasteiger partial charge in [-0.3, -0.25) is 9.79 Å². The van der Waals surface area contributed by atoms with Crippen LogP contribution in [0.1, 0.15) is 42.7 Å². The van der Waals surface area contributed by atoms with Crippen molar-refractivity contribution >= 4 is 29.0 Å². The molecule has 0 radical (unpaired) electrons. The zero-order valence-corrected chi connectivity index (χ0v) is 15.3. The van der Waals surface area contributed by atoms with E-state index in [1.807, 2.05) is 13.8 Å². The molecule has 0 bridgehead atoms. The number of carbonyl (C=O) groups excluding carboxylic acids is 1. The highest BCUT2D eigenvalue weighted by atomic mass is 35.5. The zero-order valence-electron chi connectivity index (χ0n) is 14.6. The summed E-state index contributed by atoms with van der Waals surface area (Å²) >= 11 is 5.78. The Morgan fingerprint density at radius 1 is 1.38 bits per heavy atom. The maximum Gasteiger partial charge on any atom is 0.274 e. The van der Waals surface area contributed by atoms with Crippen LogP contribution in [0, 0.1) is 11.7 Å². The van der Waals surface area contributed by atoms with E-state index in [2.05, 4.69) is 15.3 Å². The van der Waals surface area contributed by atoms with Gasteiger partial charge in [-0.25, -0.2) is 9.37 Å². The van der Waals surface area contributed by atoms with Crippen molar-refractivity contribution in [3.63, 3.8) is 0 Å². The normalized spacial score (nSPS) is 22.6. The summed E-state index contributed by atoms with van der Waals surface area (Å²) in [6, 6.07) is 7.55. The molecular formula is C19H20ClFN4O. The summed E-state index contributed by atoms with van der Waals surface area (Å²) in [6.07, 6.45) is 2.91. The molecule has 26 heavy (non-hydrogen) atoms. The number of anilines is 1. The van der Waals surface area contributed by atoms with Gasteiger partial charge in [-0.15, -0.1) is 0 Å². The van der Waals surface area contributed by atoms with Crippen molar-refractivity contribution in [1.29, 1.82) is 0 Å². The molecule has 1 aliphatic rings. The number of carbonyl (C=O) groups is 1. The van der Waals surface area contributed by atoms with Crippen LogP contribution < -0.4 is 11.1 Å². The van der Waals surface area contributed by atoms with Crippen LogP contribution in [-0.4, -0.2) is 16.7 Å². The van der Waals surface area contributed by atoms with E-state index in [0.717, 1.165) is 6.42 Å². The monoisotopic (exact) mass is 374 g/mol. The van der Waals surface area contributed by atoms with Crippen LogP contribution in [0.15, 0.2) is 41.5 Å². The number of nitrogens with one attached hydrogen (secondary N) is 1. The van der Waals surface area contributed by atoms with E-state index in [9.17, 15) is 9.18 Å². The summed E-state index contributed by atoms with van der Waals surface area (Å²) in [5, 5.41) is 3.18. The van der Waals surface area contributed by atoms with E-state index < -0.39 is 11.4 Å². The molecule has 2 heterocycles. The predicted octanol–water partition coefficient (Wildman–Crippen LogP) is 4.13. The maximum atomic E-state index is 14.5. The Bertz CT molecular complexity index is 868. The Hall–Kier alpha value is -2.47. The van der Waals surface area contributed by atoms with Gasteiger partial charge in [0.1, 0.15) is 11.5 Å². The van der Waals surface area contributed by atoms with Crippen LogP contribution in [0.4, 0.5) is 10.1 Å². The second-order valence-corrected chi connectivity index (χ2v) is 7.20. The number of aliphatic imine (C=N–C) groups is 1. The first kappa shape index (κ1) is 18.3. The fourth-order valence-electron chi connectivity index (χ4n) is 3.01. The molecule has 1 amide bonds. The summed E-state index contributed by atoms with van der Waals surface area (Å²) in [5.41, 5.74) is 6.34. The fourth-order valence-corrected chi connectivity index (χ4v) is 3.12. The van der Waals surface area contributed by atoms with Gasteiger partial charge in [0.25, 0.3) is 5.91 Å². The van der Waals surface area contributed by atoms with E-state index in [4.69, 9.17) is 17.3 Å². The molecule has 5 nitrogen and oxygen atoms in total. The molecule has 136 valence electrons. The number of aromatic nitrogens is 1. The van der Waals surface area contributed by atoms with Crippen LogP contribution >= 0.6 is 11.6 Å². The minimum Gasteiger partial charge on any atom is -0.387 e. The number of amides is 1. The van der Waals surface area contributed by atoms with Crippen molar-refractivity contribution in [2.24, 2.45) is 16.6 Å². The van der Waals surface area contributed by atoms with E-state index in [1.165, 1.54) is 24.4 Å². The van der Waals surface area contributed by atoms with Crippen LogP contribution in [0.2, 0.25) is 5.02 Å². The zero-order chi connectivity index (χ0) is 18.9. The van der Waals surface area contributed by atoms with E-state index in [1.54, 1.807) is 12.1 Å². The van der Waals surface area contributed by atoms with Crippen molar-refractivity contribution in [1.82, 2.24) is 4.98 Å².